The van der Waals surface area contributed by atoms with Gasteiger partial charge >= 0.3 is 0 Å². The van der Waals surface area contributed by atoms with E-state index in [2.05, 4.69) is 4.90 Å². The van der Waals surface area contributed by atoms with Gasteiger partial charge in [0, 0.05) is 25.7 Å². The number of carbonyl (C=O) groups is 1. The van der Waals surface area contributed by atoms with Crippen LogP contribution >= 0.6 is 12.4 Å². The maximum atomic E-state index is 12.3. The number of amides is 1. The molecule has 0 spiro atoms. The Labute approximate surface area is 115 Å². The average Bonchev–Trinajstić information content (AvgIpc) is 2.98. The number of likely N-dealkylation sites (tertiary alicyclic amines) is 1. The molecular formula is C13H23ClN2O2. The van der Waals surface area contributed by atoms with Crippen molar-refractivity contribution in [3.05, 3.63) is 0 Å². The first-order chi connectivity index (χ1) is 8.25. The molecule has 1 saturated carbocycles. The molecule has 0 aromatic carbocycles. The van der Waals surface area contributed by atoms with Crippen LogP contribution in [0.1, 0.15) is 25.7 Å². The van der Waals surface area contributed by atoms with Gasteiger partial charge in [-0.15, -0.1) is 12.4 Å². The highest BCUT2D eigenvalue weighted by Crippen LogP contribution is 2.36. The van der Waals surface area contributed by atoms with Crippen molar-refractivity contribution in [1.82, 2.24) is 4.90 Å². The number of nitrogens with two attached hydrogens (primary N) is 1. The molecule has 0 aromatic heterocycles. The molecule has 0 radical (unpaired) electrons. The molecule has 3 aliphatic rings. The van der Waals surface area contributed by atoms with E-state index in [0.717, 1.165) is 32.5 Å². The van der Waals surface area contributed by atoms with Crippen molar-refractivity contribution in [2.75, 3.05) is 26.3 Å². The summed E-state index contributed by atoms with van der Waals surface area (Å²) < 4.78 is 5.31. The highest BCUT2D eigenvalue weighted by Gasteiger charge is 2.42. The molecule has 1 aliphatic carbocycles. The van der Waals surface area contributed by atoms with Gasteiger partial charge < -0.3 is 15.4 Å². The van der Waals surface area contributed by atoms with Crippen molar-refractivity contribution in [3.8, 4) is 0 Å². The number of fused-ring (bicyclic) bond motifs is 1. The Balaban J connectivity index is 0.00000120. The van der Waals surface area contributed by atoms with Crippen molar-refractivity contribution < 1.29 is 9.53 Å². The molecule has 4 unspecified atom stereocenters. The monoisotopic (exact) mass is 274 g/mol. The molecule has 3 rings (SSSR count). The Bertz CT molecular complexity index is 307. The van der Waals surface area contributed by atoms with Crippen LogP contribution in [0.2, 0.25) is 0 Å². The molecule has 2 aliphatic heterocycles. The van der Waals surface area contributed by atoms with Gasteiger partial charge in [-0.05, 0) is 31.1 Å². The molecule has 2 heterocycles. The van der Waals surface area contributed by atoms with E-state index in [1.165, 1.54) is 12.8 Å². The predicted octanol–water partition coefficient (Wildman–Crippen LogP) is 1.03. The second-order valence-corrected chi connectivity index (χ2v) is 5.82. The molecular weight excluding hydrogens is 252 g/mol. The third kappa shape index (κ3) is 2.51. The van der Waals surface area contributed by atoms with E-state index < -0.39 is 0 Å². The van der Waals surface area contributed by atoms with Crippen molar-refractivity contribution >= 4 is 18.3 Å². The third-order valence-electron chi connectivity index (χ3n) is 4.74. The second-order valence-electron chi connectivity index (χ2n) is 5.82. The summed E-state index contributed by atoms with van der Waals surface area (Å²) in [4.78, 5) is 14.4. The summed E-state index contributed by atoms with van der Waals surface area (Å²) in [6.07, 6.45) is 4.52. The lowest BCUT2D eigenvalue weighted by Crippen LogP contribution is -2.39. The Morgan fingerprint density at radius 3 is 2.72 bits per heavy atom. The van der Waals surface area contributed by atoms with Crippen LogP contribution in [0.4, 0.5) is 0 Å². The maximum Gasteiger partial charge on any atom is 0.228 e. The van der Waals surface area contributed by atoms with Crippen molar-refractivity contribution in [1.29, 1.82) is 0 Å². The van der Waals surface area contributed by atoms with Crippen LogP contribution in [0.3, 0.4) is 0 Å². The summed E-state index contributed by atoms with van der Waals surface area (Å²) in [6, 6.07) is 0.311. The van der Waals surface area contributed by atoms with Gasteiger partial charge in [0.2, 0.25) is 5.91 Å². The number of halogens is 1. The second kappa shape index (κ2) is 5.76. The Morgan fingerprint density at radius 2 is 2.06 bits per heavy atom. The van der Waals surface area contributed by atoms with Crippen molar-refractivity contribution in [3.63, 3.8) is 0 Å². The van der Waals surface area contributed by atoms with E-state index in [0.29, 0.717) is 30.4 Å². The lowest BCUT2D eigenvalue weighted by molar-refractivity contribution is -0.134. The van der Waals surface area contributed by atoms with Crippen molar-refractivity contribution in [2.45, 2.75) is 31.7 Å². The Morgan fingerprint density at radius 1 is 1.22 bits per heavy atom. The first kappa shape index (κ1) is 14.1. The zero-order valence-corrected chi connectivity index (χ0v) is 11.5. The van der Waals surface area contributed by atoms with Gasteiger partial charge in [-0.1, -0.05) is 6.42 Å². The number of hydrogen-bond acceptors (Lipinski definition) is 3. The highest BCUT2D eigenvalue weighted by atomic mass is 35.5. The first-order valence-corrected chi connectivity index (χ1v) is 6.88. The van der Waals surface area contributed by atoms with Gasteiger partial charge in [-0.3, -0.25) is 4.79 Å². The van der Waals surface area contributed by atoms with Crippen LogP contribution in [0.25, 0.3) is 0 Å². The van der Waals surface area contributed by atoms with E-state index in [9.17, 15) is 4.79 Å². The summed E-state index contributed by atoms with van der Waals surface area (Å²) in [5.74, 6) is 1.63. The number of carbonyl (C=O) groups excluding carboxylic acids is 1. The molecule has 4 nitrogen and oxygen atoms in total. The molecule has 104 valence electrons. The Kier molecular flexibility index (Phi) is 4.51. The molecule has 5 heteroatoms. The molecule has 18 heavy (non-hydrogen) atoms. The quantitative estimate of drug-likeness (QED) is 0.777. The summed E-state index contributed by atoms with van der Waals surface area (Å²) in [7, 11) is 0. The minimum atomic E-state index is 0. The Hall–Kier alpha value is -0.320. The zero-order chi connectivity index (χ0) is 11.8. The van der Waals surface area contributed by atoms with Crippen LogP contribution in [-0.4, -0.2) is 43.2 Å². The van der Waals surface area contributed by atoms with Crippen LogP contribution in [0.15, 0.2) is 0 Å². The lowest BCUT2D eigenvalue weighted by atomic mass is 9.78. The van der Waals surface area contributed by atoms with Crippen molar-refractivity contribution in [2.24, 2.45) is 23.5 Å². The number of rotatable bonds is 1. The normalized spacial score (nSPS) is 39.3. The fraction of sp³-hybridized carbons (Fsp3) is 0.923. The van der Waals surface area contributed by atoms with E-state index in [1.807, 2.05) is 0 Å². The minimum absolute atomic E-state index is 0. The standard InChI is InChI=1S/C13H22N2O2.ClH/c14-12-3-1-2-9-6-15(7-11(9)12)13(16)10-4-5-17-8-10;/h9-12H,1-8,14H2;1H. The molecule has 4 atom stereocenters. The molecule has 0 aromatic rings. The van der Waals surface area contributed by atoms with Crippen LogP contribution in [0, 0.1) is 17.8 Å². The van der Waals surface area contributed by atoms with E-state index >= 15 is 0 Å². The van der Waals surface area contributed by atoms with E-state index in [-0.39, 0.29) is 18.3 Å². The molecule has 2 N–H and O–H groups in total. The van der Waals surface area contributed by atoms with Crippen LogP contribution in [0.5, 0.6) is 0 Å². The van der Waals surface area contributed by atoms with E-state index in [4.69, 9.17) is 10.5 Å². The fourth-order valence-corrected chi connectivity index (χ4v) is 3.68. The highest BCUT2D eigenvalue weighted by molar-refractivity contribution is 5.85. The van der Waals surface area contributed by atoms with Gasteiger partial charge in [0.1, 0.15) is 0 Å². The molecule has 0 bridgehead atoms. The third-order valence-corrected chi connectivity index (χ3v) is 4.74. The summed E-state index contributed by atoms with van der Waals surface area (Å²) >= 11 is 0. The van der Waals surface area contributed by atoms with Gasteiger partial charge in [-0.2, -0.15) is 0 Å². The van der Waals surface area contributed by atoms with Gasteiger partial charge in [0.25, 0.3) is 0 Å². The van der Waals surface area contributed by atoms with Crippen LogP contribution in [-0.2, 0) is 9.53 Å². The van der Waals surface area contributed by atoms with E-state index in [1.54, 1.807) is 0 Å². The number of nitrogens with zero attached hydrogens (tertiary/aromatic N) is 1. The average molecular weight is 275 g/mol. The SMILES string of the molecule is Cl.NC1CCCC2CN(C(=O)C3CCOC3)CC12. The maximum absolute atomic E-state index is 12.3. The number of hydrogen-bond donors (Lipinski definition) is 1. The molecule has 2 saturated heterocycles. The largest absolute Gasteiger partial charge is 0.381 e. The summed E-state index contributed by atoms with van der Waals surface area (Å²) in [5, 5.41) is 0. The van der Waals surface area contributed by atoms with Crippen LogP contribution < -0.4 is 5.73 Å². The molecule has 1 amide bonds. The van der Waals surface area contributed by atoms with Gasteiger partial charge in [-0.25, -0.2) is 0 Å². The summed E-state index contributed by atoms with van der Waals surface area (Å²) in [6.45, 7) is 3.20. The van der Waals surface area contributed by atoms with Gasteiger partial charge in [0.15, 0.2) is 0 Å². The smallest absolute Gasteiger partial charge is 0.228 e. The predicted molar refractivity (Wildman–Crippen MR) is 71.6 cm³/mol. The summed E-state index contributed by atoms with van der Waals surface area (Å²) in [5.41, 5.74) is 6.17. The first-order valence-electron chi connectivity index (χ1n) is 6.88. The van der Waals surface area contributed by atoms with Gasteiger partial charge in [0.05, 0.1) is 12.5 Å². The number of ether oxygens (including phenoxy) is 1. The molecule has 3 fully saturated rings. The minimum Gasteiger partial charge on any atom is -0.381 e. The topological polar surface area (TPSA) is 55.6 Å². The lowest BCUT2D eigenvalue weighted by Gasteiger charge is -2.29. The fourth-order valence-electron chi connectivity index (χ4n) is 3.68. The zero-order valence-electron chi connectivity index (χ0n) is 10.7.